The maximum absolute atomic E-state index is 12.5. The highest BCUT2D eigenvalue weighted by Crippen LogP contribution is 2.29. The van der Waals surface area contributed by atoms with Crippen LogP contribution in [0.4, 0.5) is 0 Å². The van der Waals surface area contributed by atoms with Crippen LogP contribution in [-0.4, -0.2) is 79.6 Å². The Bertz CT molecular complexity index is 699. The first-order valence-corrected chi connectivity index (χ1v) is 10.2. The van der Waals surface area contributed by atoms with E-state index in [0.717, 1.165) is 39.3 Å². The number of rotatable bonds is 5. The van der Waals surface area contributed by atoms with E-state index in [1.807, 2.05) is 4.90 Å². The highest BCUT2D eigenvalue weighted by molar-refractivity contribution is 5.78. The van der Waals surface area contributed by atoms with Gasteiger partial charge in [-0.25, -0.2) is 0 Å². The van der Waals surface area contributed by atoms with E-state index in [4.69, 9.17) is 4.74 Å². The van der Waals surface area contributed by atoms with E-state index in [1.54, 1.807) is 0 Å². The number of piperazine rings is 1. The molecular weight excluding hydrogens is 350 g/mol. The van der Waals surface area contributed by atoms with Gasteiger partial charge in [-0.05, 0) is 11.1 Å². The molecule has 0 radical (unpaired) electrons. The topological polar surface area (TPSA) is 36.0 Å². The third kappa shape index (κ3) is 4.61. The fourth-order valence-electron chi connectivity index (χ4n) is 4.17. The number of carbonyl (C=O) groups is 1. The number of nitrogens with zero attached hydrogens (tertiary/aromatic N) is 3. The Labute approximate surface area is 167 Å². The summed E-state index contributed by atoms with van der Waals surface area (Å²) in [5.41, 5.74) is 2.65. The van der Waals surface area contributed by atoms with Gasteiger partial charge in [0.25, 0.3) is 0 Å². The third-order valence-corrected chi connectivity index (χ3v) is 5.73. The van der Waals surface area contributed by atoms with Gasteiger partial charge in [0.1, 0.15) is 0 Å². The van der Waals surface area contributed by atoms with E-state index in [-0.39, 0.29) is 11.9 Å². The summed E-state index contributed by atoms with van der Waals surface area (Å²) in [6, 6.07) is 21.7. The largest absolute Gasteiger partial charge is 0.378 e. The SMILES string of the molecule is O=C(CN1CCN(C(c2ccccc2)c2ccccc2)CC1)N1CCOCC1. The van der Waals surface area contributed by atoms with Crippen LogP contribution < -0.4 is 0 Å². The molecule has 0 unspecified atom stereocenters. The van der Waals surface area contributed by atoms with E-state index in [0.29, 0.717) is 19.8 Å². The van der Waals surface area contributed by atoms with Crippen LogP contribution in [0.5, 0.6) is 0 Å². The molecule has 1 amide bonds. The normalized spacial score (nSPS) is 19.1. The van der Waals surface area contributed by atoms with Crippen LogP contribution in [0.1, 0.15) is 17.2 Å². The van der Waals surface area contributed by atoms with Crippen molar-refractivity contribution in [3.8, 4) is 0 Å². The van der Waals surface area contributed by atoms with E-state index in [1.165, 1.54) is 11.1 Å². The molecule has 0 aromatic heterocycles. The molecule has 2 aliphatic heterocycles. The van der Waals surface area contributed by atoms with Crippen LogP contribution in [0.2, 0.25) is 0 Å². The number of ether oxygens (including phenoxy) is 1. The molecule has 28 heavy (non-hydrogen) atoms. The summed E-state index contributed by atoms with van der Waals surface area (Å²) in [6.07, 6.45) is 0. The van der Waals surface area contributed by atoms with Gasteiger partial charge in [0.2, 0.25) is 5.91 Å². The van der Waals surface area contributed by atoms with Gasteiger partial charge in [-0.3, -0.25) is 14.6 Å². The highest BCUT2D eigenvalue weighted by atomic mass is 16.5. The van der Waals surface area contributed by atoms with E-state index < -0.39 is 0 Å². The second-order valence-electron chi connectivity index (χ2n) is 7.53. The molecule has 2 fully saturated rings. The number of hydrogen-bond acceptors (Lipinski definition) is 4. The molecule has 0 bridgehead atoms. The monoisotopic (exact) mass is 379 g/mol. The highest BCUT2D eigenvalue weighted by Gasteiger charge is 2.28. The molecular formula is C23H29N3O2. The Morgan fingerprint density at radius 2 is 1.32 bits per heavy atom. The summed E-state index contributed by atoms with van der Waals surface area (Å²) < 4.78 is 5.35. The Kier molecular flexibility index (Phi) is 6.37. The summed E-state index contributed by atoms with van der Waals surface area (Å²) in [5, 5.41) is 0. The minimum absolute atomic E-state index is 0.236. The Morgan fingerprint density at radius 3 is 1.86 bits per heavy atom. The van der Waals surface area contributed by atoms with Crippen molar-refractivity contribution in [3.05, 3.63) is 71.8 Å². The number of benzene rings is 2. The van der Waals surface area contributed by atoms with Crippen molar-refractivity contribution in [2.75, 3.05) is 59.0 Å². The summed E-state index contributed by atoms with van der Waals surface area (Å²) in [4.78, 5) is 19.3. The fraction of sp³-hybridized carbons (Fsp3) is 0.435. The molecule has 148 valence electrons. The van der Waals surface area contributed by atoms with Gasteiger partial charge in [-0.2, -0.15) is 0 Å². The molecule has 0 spiro atoms. The van der Waals surface area contributed by atoms with Crippen molar-refractivity contribution in [2.24, 2.45) is 0 Å². The summed E-state index contributed by atoms with van der Waals surface area (Å²) in [5.74, 6) is 0.236. The number of morpholine rings is 1. The molecule has 0 aliphatic carbocycles. The molecule has 0 atom stereocenters. The lowest BCUT2D eigenvalue weighted by Gasteiger charge is -2.40. The zero-order valence-electron chi connectivity index (χ0n) is 16.4. The lowest BCUT2D eigenvalue weighted by Crippen LogP contribution is -2.52. The van der Waals surface area contributed by atoms with E-state index in [2.05, 4.69) is 70.5 Å². The summed E-state index contributed by atoms with van der Waals surface area (Å²) in [7, 11) is 0. The van der Waals surface area contributed by atoms with Crippen molar-refractivity contribution in [2.45, 2.75) is 6.04 Å². The minimum atomic E-state index is 0.236. The maximum Gasteiger partial charge on any atom is 0.236 e. The predicted molar refractivity (Wildman–Crippen MR) is 110 cm³/mol. The van der Waals surface area contributed by atoms with Gasteiger partial charge in [0, 0.05) is 39.3 Å². The Hall–Kier alpha value is -2.21. The molecule has 5 nitrogen and oxygen atoms in total. The average molecular weight is 380 g/mol. The predicted octanol–water partition coefficient (Wildman–Crippen LogP) is 2.25. The number of carbonyl (C=O) groups excluding carboxylic acids is 1. The second kappa shape index (κ2) is 9.32. The average Bonchev–Trinajstić information content (AvgIpc) is 2.77. The second-order valence-corrected chi connectivity index (χ2v) is 7.53. The van der Waals surface area contributed by atoms with Gasteiger partial charge < -0.3 is 9.64 Å². The third-order valence-electron chi connectivity index (χ3n) is 5.73. The van der Waals surface area contributed by atoms with Crippen molar-refractivity contribution < 1.29 is 9.53 Å². The first-order valence-electron chi connectivity index (χ1n) is 10.2. The molecule has 2 aromatic carbocycles. The van der Waals surface area contributed by atoms with Crippen LogP contribution in [-0.2, 0) is 9.53 Å². The quantitative estimate of drug-likeness (QED) is 0.798. The van der Waals surface area contributed by atoms with E-state index in [9.17, 15) is 4.79 Å². The van der Waals surface area contributed by atoms with Crippen LogP contribution >= 0.6 is 0 Å². The zero-order chi connectivity index (χ0) is 19.2. The number of hydrogen-bond donors (Lipinski definition) is 0. The fourth-order valence-corrected chi connectivity index (χ4v) is 4.17. The molecule has 0 N–H and O–H groups in total. The van der Waals surface area contributed by atoms with Crippen molar-refractivity contribution in [1.29, 1.82) is 0 Å². The lowest BCUT2D eigenvalue weighted by atomic mass is 9.96. The van der Waals surface area contributed by atoms with Crippen LogP contribution in [0.25, 0.3) is 0 Å². The van der Waals surface area contributed by atoms with Crippen molar-refractivity contribution in [3.63, 3.8) is 0 Å². The summed E-state index contributed by atoms with van der Waals surface area (Å²) >= 11 is 0. The van der Waals surface area contributed by atoms with Gasteiger partial charge in [0.15, 0.2) is 0 Å². The first-order chi connectivity index (χ1) is 13.8. The van der Waals surface area contributed by atoms with Crippen molar-refractivity contribution in [1.82, 2.24) is 14.7 Å². The van der Waals surface area contributed by atoms with Crippen LogP contribution in [0.3, 0.4) is 0 Å². The van der Waals surface area contributed by atoms with Gasteiger partial charge >= 0.3 is 0 Å². The minimum Gasteiger partial charge on any atom is -0.378 e. The Morgan fingerprint density at radius 1 is 0.786 bits per heavy atom. The summed E-state index contributed by atoms with van der Waals surface area (Å²) in [6.45, 7) is 7.07. The maximum atomic E-state index is 12.5. The molecule has 2 aliphatic rings. The molecule has 2 aromatic rings. The first kappa shape index (κ1) is 19.1. The molecule has 0 saturated carbocycles. The van der Waals surface area contributed by atoms with Gasteiger partial charge in [0.05, 0.1) is 25.8 Å². The van der Waals surface area contributed by atoms with Crippen LogP contribution in [0, 0.1) is 0 Å². The molecule has 2 saturated heterocycles. The number of amides is 1. The smallest absolute Gasteiger partial charge is 0.236 e. The van der Waals surface area contributed by atoms with Crippen molar-refractivity contribution >= 4 is 5.91 Å². The van der Waals surface area contributed by atoms with E-state index >= 15 is 0 Å². The molecule has 2 heterocycles. The lowest BCUT2D eigenvalue weighted by molar-refractivity contribution is -0.136. The standard InChI is InChI=1S/C23H29N3O2/c27-22(25-15-17-28-18-16-25)19-24-11-13-26(14-12-24)23(20-7-3-1-4-8-20)21-9-5-2-6-10-21/h1-10,23H,11-19H2. The van der Waals surface area contributed by atoms with Gasteiger partial charge in [-0.1, -0.05) is 60.7 Å². The zero-order valence-corrected chi connectivity index (χ0v) is 16.4. The Balaban J connectivity index is 1.40. The molecule has 5 heteroatoms. The molecule has 4 rings (SSSR count). The van der Waals surface area contributed by atoms with Crippen LogP contribution in [0.15, 0.2) is 60.7 Å². The van der Waals surface area contributed by atoms with Gasteiger partial charge in [-0.15, -0.1) is 0 Å².